The summed E-state index contributed by atoms with van der Waals surface area (Å²) in [6, 6.07) is 14.5. The Morgan fingerprint density at radius 2 is 1.58 bits per heavy atom. The Morgan fingerprint density at radius 3 is 2.16 bits per heavy atom. The van der Waals surface area contributed by atoms with Gasteiger partial charge in [-0.15, -0.1) is 0 Å². The number of amides is 1. The van der Waals surface area contributed by atoms with E-state index in [1.807, 2.05) is 31.2 Å². The first-order valence-electron chi connectivity index (χ1n) is 10.9. The van der Waals surface area contributed by atoms with Gasteiger partial charge in [0.05, 0.1) is 11.9 Å². The number of hydrogen-bond acceptors (Lipinski definition) is 4. The third-order valence-corrected chi connectivity index (χ3v) is 6.96. The first kappa shape index (κ1) is 23.3. The first-order chi connectivity index (χ1) is 14.7. The van der Waals surface area contributed by atoms with Crippen LogP contribution in [0.4, 0.5) is 5.69 Å². The number of aryl methyl sites for hydroxylation is 1. The van der Waals surface area contributed by atoms with Gasteiger partial charge in [0.1, 0.15) is 6.04 Å². The molecule has 1 unspecified atom stereocenters. The van der Waals surface area contributed by atoms with Gasteiger partial charge in [-0.25, -0.2) is 8.42 Å². The van der Waals surface area contributed by atoms with E-state index in [-0.39, 0.29) is 5.91 Å². The lowest BCUT2D eigenvalue weighted by Gasteiger charge is -2.28. The molecule has 2 aromatic rings. The molecule has 0 radical (unpaired) electrons. The predicted octanol–water partition coefficient (Wildman–Crippen LogP) is 3.45. The molecular formula is C24H33N3O3S. The molecule has 3 rings (SSSR count). The van der Waals surface area contributed by atoms with E-state index in [1.165, 1.54) is 29.1 Å². The fraction of sp³-hybridized carbons (Fsp3) is 0.458. The lowest BCUT2D eigenvalue weighted by molar-refractivity contribution is -0.122. The zero-order valence-corrected chi connectivity index (χ0v) is 19.5. The van der Waals surface area contributed by atoms with Crippen LogP contribution < -0.4 is 9.62 Å². The highest BCUT2D eigenvalue weighted by atomic mass is 32.2. The molecule has 1 N–H and O–H groups in total. The molecule has 1 heterocycles. The molecule has 1 aliphatic heterocycles. The van der Waals surface area contributed by atoms with Crippen LogP contribution in [0, 0.1) is 6.92 Å². The van der Waals surface area contributed by atoms with Gasteiger partial charge < -0.3 is 5.32 Å². The minimum Gasteiger partial charge on any atom is -0.350 e. The van der Waals surface area contributed by atoms with Gasteiger partial charge in [-0.05, 0) is 63.0 Å². The predicted molar refractivity (Wildman–Crippen MR) is 125 cm³/mol. The van der Waals surface area contributed by atoms with Crippen molar-refractivity contribution in [3.63, 3.8) is 0 Å². The molecule has 2 aromatic carbocycles. The van der Waals surface area contributed by atoms with Crippen molar-refractivity contribution in [2.45, 2.75) is 52.2 Å². The van der Waals surface area contributed by atoms with Gasteiger partial charge in [0.2, 0.25) is 15.9 Å². The van der Waals surface area contributed by atoms with E-state index in [0.717, 1.165) is 37.0 Å². The van der Waals surface area contributed by atoms with Crippen LogP contribution in [-0.4, -0.2) is 44.6 Å². The standard InChI is InChI=1S/C24H33N3O3S/c1-19-7-13-23(14-8-19)27(31(3,29)30)20(2)24(28)25-17-21-9-11-22(12-10-21)18-26-15-5-4-6-16-26/h7-14,20H,4-6,15-18H2,1-3H3,(H,25,28). The number of piperidine rings is 1. The Balaban J connectivity index is 1.60. The number of rotatable bonds is 8. The summed E-state index contributed by atoms with van der Waals surface area (Å²) >= 11 is 0. The first-order valence-corrected chi connectivity index (χ1v) is 12.7. The summed E-state index contributed by atoms with van der Waals surface area (Å²) in [6.45, 7) is 7.18. The van der Waals surface area contributed by atoms with Crippen LogP contribution in [0.25, 0.3) is 0 Å². The van der Waals surface area contributed by atoms with E-state index < -0.39 is 16.1 Å². The Kier molecular flexibility index (Phi) is 7.73. The molecule has 1 saturated heterocycles. The third kappa shape index (κ3) is 6.55. The zero-order chi connectivity index (χ0) is 22.4. The quantitative estimate of drug-likeness (QED) is 0.678. The van der Waals surface area contributed by atoms with Crippen LogP contribution in [0.5, 0.6) is 0 Å². The summed E-state index contributed by atoms with van der Waals surface area (Å²) in [6.07, 6.45) is 5.00. The summed E-state index contributed by atoms with van der Waals surface area (Å²) in [4.78, 5) is 15.2. The summed E-state index contributed by atoms with van der Waals surface area (Å²) in [7, 11) is -3.61. The minimum atomic E-state index is -3.61. The average molecular weight is 444 g/mol. The smallest absolute Gasteiger partial charge is 0.243 e. The van der Waals surface area contributed by atoms with Crippen molar-refractivity contribution in [2.24, 2.45) is 0 Å². The van der Waals surface area contributed by atoms with Crippen LogP contribution in [0.1, 0.15) is 42.9 Å². The maximum Gasteiger partial charge on any atom is 0.243 e. The Bertz CT molecular complexity index is 966. The van der Waals surface area contributed by atoms with Crippen molar-refractivity contribution >= 4 is 21.6 Å². The Hall–Kier alpha value is -2.38. The number of nitrogens with zero attached hydrogens (tertiary/aromatic N) is 2. The Labute approximate surface area is 186 Å². The van der Waals surface area contributed by atoms with Crippen LogP contribution in [0.3, 0.4) is 0 Å². The number of hydrogen-bond donors (Lipinski definition) is 1. The molecule has 0 aliphatic carbocycles. The summed E-state index contributed by atoms with van der Waals surface area (Å²) in [5, 5.41) is 2.88. The molecule has 168 valence electrons. The summed E-state index contributed by atoms with van der Waals surface area (Å²) < 4.78 is 25.9. The molecule has 1 amide bonds. The number of carbonyl (C=O) groups is 1. The second-order valence-electron chi connectivity index (χ2n) is 8.44. The van der Waals surface area contributed by atoms with Gasteiger partial charge in [-0.1, -0.05) is 48.4 Å². The molecule has 7 heteroatoms. The second kappa shape index (κ2) is 10.3. The maximum absolute atomic E-state index is 12.8. The largest absolute Gasteiger partial charge is 0.350 e. The van der Waals surface area contributed by atoms with Gasteiger partial charge in [-0.2, -0.15) is 0 Å². The Morgan fingerprint density at radius 1 is 1.00 bits per heavy atom. The maximum atomic E-state index is 12.8. The van der Waals surface area contributed by atoms with E-state index in [0.29, 0.717) is 12.2 Å². The highest BCUT2D eigenvalue weighted by molar-refractivity contribution is 7.92. The van der Waals surface area contributed by atoms with E-state index in [4.69, 9.17) is 0 Å². The summed E-state index contributed by atoms with van der Waals surface area (Å²) in [5.41, 5.74) is 3.77. The molecule has 0 aromatic heterocycles. The SMILES string of the molecule is Cc1ccc(N(C(C)C(=O)NCc2ccc(CN3CCCCC3)cc2)S(C)(=O)=O)cc1. The number of benzene rings is 2. The van der Waals surface area contributed by atoms with Crippen molar-refractivity contribution in [3.8, 4) is 0 Å². The third-order valence-electron chi connectivity index (χ3n) is 5.72. The van der Waals surface area contributed by atoms with Crippen molar-refractivity contribution in [1.82, 2.24) is 10.2 Å². The van der Waals surface area contributed by atoms with E-state index in [9.17, 15) is 13.2 Å². The van der Waals surface area contributed by atoms with Gasteiger partial charge in [0.15, 0.2) is 0 Å². The number of carbonyl (C=O) groups excluding carboxylic acids is 1. The highest BCUT2D eigenvalue weighted by Crippen LogP contribution is 2.21. The molecule has 1 atom stereocenters. The van der Waals surface area contributed by atoms with E-state index >= 15 is 0 Å². The molecule has 0 saturated carbocycles. The van der Waals surface area contributed by atoms with Crippen molar-refractivity contribution in [1.29, 1.82) is 0 Å². The molecule has 1 aliphatic rings. The fourth-order valence-electron chi connectivity index (χ4n) is 3.98. The lowest BCUT2D eigenvalue weighted by atomic mass is 10.1. The van der Waals surface area contributed by atoms with Gasteiger partial charge in [-0.3, -0.25) is 14.0 Å². The van der Waals surface area contributed by atoms with Crippen molar-refractivity contribution in [3.05, 3.63) is 65.2 Å². The van der Waals surface area contributed by atoms with Gasteiger partial charge in [0, 0.05) is 13.1 Å². The average Bonchev–Trinajstić information content (AvgIpc) is 2.74. The molecule has 31 heavy (non-hydrogen) atoms. The van der Waals surface area contributed by atoms with Crippen LogP contribution in [-0.2, 0) is 27.9 Å². The number of sulfonamides is 1. The minimum absolute atomic E-state index is 0.330. The zero-order valence-electron chi connectivity index (χ0n) is 18.7. The second-order valence-corrected chi connectivity index (χ2v) is 10.3. The number of likely N-dealkylation sites (tertiary alicyclic amines) is 1. The molecule has 6 nitrogen and oxygen atoms in total. The highest BCUT2D eigenvalue weighted by Gasteiger charge is 2.28. The fourth-order valence-corrected chi connectivity index (χ4v) is 5.15. The molecule has 0 spiro atoms. The van der Waals surface area contributed by atoms with Crippen molar-refractivity contribution < 1.29 is 13.2 Å². The topological polar surface area (TPSA) is 69.7 Å². The van der Waals surface area contributed by atoms with Gasteiger partial charge >= 0.3 is 0 Å². The van der Waals surface area contributed by atoms with E-state index in [1.54, 1.807) is 19.1 Å². The van der Waals surface area contributed by atoms with Crippen LogP contribution in [0.15, 0.2) is 48.5 Å². The number of anilines is 1. The normalized spacial score (nSPS) is 16.0. The van der Waals surface area contributed by atoms with Crippen LogP contribution >= 0.6 is 0 Å². The summed E-state index contributed by atoms with van der Waals surface area (Å²) in [5.74, 6) is -0.330. The van der Waals surface area contributed by atoms with Crippen LogP contribution in [0.2, 0.25) is 0 Å². The molecule has 0 bridgehead atoms. The lowest BCUT2D eigenvalue weighted by Crippen LogP contribution is -2.47. The monoisotopic (exact) mass is 443 g/mol. The van der Waals surface area contributed by atoms with Gasteiger partial charge in [0.25, 0.3) is 0 Å². The molecule has 1 fully saturated rings. The van der Waals surface area contributed by atoms with E-state index in [2.05, 4.69) is 22.3 Å². The number of nitrogens with one attached hydrogen (secondary N) is 1. The van der Waals surface area contributed by atoms with Crippen molar-refractivity contribution in [2.75, 3.05) is 23.7 Å². The molecular weight excluding hydrogens is 410 g/mol.